The zero-order valence-electron chi connectivity index (χ0n) is 59.4. The average Bonchev–Trinajstić information content (AvgIpc) is 1.72. The lowest BCUT2D eigenvalue weighted by atomic mass is 9.74. The molecule has 8 aliphatic rings. The standard InChI is InChI=1S/C80H109NO14Si2/c1-50-40-56-36-38-66-51(2)41-55(88-66)35-34-53(82)44-69-64(47-78(7,8)96(85,59-26-18-14-19-27-59)60-28-20-15-21-29-60)74-75(93-69)65(48-79(9,10)97(86,61-30-22-16-23-31-61)62-32-24-17-25-33-62)73-67(92-74)39-37-57(90-73)42-54(83)43-63-70(46-68(89-56)52(50)3)91-71(72(63)87-13)45-58-49-81(80(11,12)94-58)76(84)95-77(4,5)6/h14-33,50,55-58,63-75,85-86H,2-3,34-49H2,1,4-13H3/t50-,55?,56+,57?,58+,63+,64+,65+,66+,67+,68?,69-,70+,71-,72-,73-,74+,75+/m1/s1. The van der Waals surface area contributed by atoms with Crippen molar-refractivity contribution in [2.75, 3.05) is 13.7 Å². The molecule has 2 N–H and O–H groups in total. The van der Waals surface area contributed by atoms with Crippen LogP contribution in [0, 0.1) is 23.7 Å². The summed E-state index contributed by atoms with van der Waals surface area (Å²) in [4.78, 5) is 73.5. The van der Waals surface area contributed by atoms with Crippen LogP contribution >= 0.6 is 0 Å². The number of amides is 1. The third-order valence-corrected chi connectivity index (χ3v) is 32.5. The van der Waals surface area contributed by atoms with Gasteiger partial charge >= 0.3 is 6.09 Å². The summed E-state index contributed by atoms with van der Waals surface area (Å²) in [6, 6.07) is 40.4. The van der Waals surface area contributed by atoms with Crippen molar-refractivity contribution in [3.05, 3.63) is 146 Å². The number of Topliss-reactive ketones (excluding diaryl/α,β-unsaturated/α-hetero) is 2. The molecule has 8 bridgehead atoms. The van der Waals surface area contributed by atoms with Crippen molar-refractivity contribution < 1.29 is 66.6 Å². The quantitative estimate of drug-likeness (QED) is 0.0954. The highest BCUT2D eigenvalue weighted by Gasteiger charge is 2.63. The Balaban J connectivity index is 0.906. The Hall–Kier alpha value is -5.00. The summed E-state index contributed by atoms with van der Waals surface area (Å²) < 4.78 is 62.9. The van der Waals surface area contributed by atoms with Gasteiger partial charge in [0.25, 0.3) is 16.6 Å². The maximum Gasteiger partial charge on any atom is 0.412 e. The summed E-state index contributed by atoms with van der Waals surface area (Å²) in [6.45, 7) is 29.8. The molecule has 8 heterocycles. The lowest BCUT2D eigenvalue weighted by Crippen LogP contribution is -2.67. The normalized spacial score (nSPS) is 34.0. The Morgan fingerprint density at radius 2 is 1.11 bits per heavy atom. The van der Waals surface area contributed by atoms with Crippen LogP contribution in [0.5, 0.6) is 0 Å². The molecule has 8 fully saturated rings. The van der Waals surface area contributed by atoms with E-state index in [2.05, 4.69) is 96.3 Å². The van der Waals surface area contributed by atoms with Crippen LogP contribution in [0.15, 0.2) is 146 Å². The fraction of sp³-hybridized carbons (Fsp3) is 0.613. The van der Waals surface area contributed by atoms with E-state index in [9.17, 15) is 14.4 Å². The number of hydrogen-bond donors (Lipinski definition) is 2. The SMILES string of the molecule is C=C1C2C[C@@H]3O[C@H](C[C@H]4CN(C(=O)OC(C)(C)C)C(C)(C)O4)[C@H](OC)[C@H]3CC(=O)CC3CC[C@@H]4O[C@H]5[C@@H](CC(C)(C)[Si](O)(c6ccccc6)c6ccccc6)[C@@H](CC(=O)CCC6CC(=C)[C@H](CC[C@@H](C[C@H]1C)O2)O6)O[C@H]5[C@@H](CC(C)(C)[Si](O)(c1ccccc1)c1ccccc1)[C@H]4O3. The fourth-order valence-corrected chi connectivity index (χ4v) is 26.1. The number of hydrogen-bond acceptors (Lipinski definition) is 14. The van der Waals surface area contributed by atoms with E-state index in [0.29, 0.717) is 64.3 Å². The lowest BCUT2D eigenvalue weighted by Gasteiger charge is -2.52. The van der Waals surface area contributed by atoms with Crippen molar-refractivity contribution in [1.82, 2.24) is 4.90 Å². The number of ketones is 2. The van der Waals surface area contributed by atoms with E-state index in [-0.39, 0.29) is 78.9 Å². The minimum atomic E-state index is -3.67. The summed E-state index contributed by atoms with van der Waals surface area (Å²) in [7, 11) is -5.59. The monoisotopic (exact) mass is 1360 g/mol. The second-order valence-electron chi connectivity index (χ2n) is 32.7. The Morgan fingerprint density at radius 1 is 0.588 bits per heavy atom. The molecule has 4 aromatic carbocycles. The maximum absolute atomic E-state index is 15.4. The third kappa shape index (κ3) is 14.9. The van der Waals surface area contributed by atoms with Gasteiger partial charge in [-0.15, -0.1) is 0 Å². The van der Waals surface area contributed by atoms with Gasteiger partial charge < -0.3 is 52.2 Å². The van der Waals surface area contributed by atoms with Crippen molar-refractivity contribution in [3.8, 4) is 0 Å². The van der Waals surface area contributed by atoms with E-state index in [1.54, 1.807) is 12.0 Å². The highest BCUT2D eigenvalue weighted by atomic mass is 28.4. The minimum absolute atomic E-state index is 0.0299. The van der Waals surface area contributed by atoms with E-state index in [1.807, 2.05) is 107 Å². The van der Waals surface area contributed by atoms with Gasteiger partial charge in [0.05, 0.1) is 92.0 Å². The number of fused-ring (bicyclic) bond motifs is 7. The summed E-state index contributed by atoms with van der Waals surface area (Å²) in [5.41, 5.74) is 0.396. The van der Waals surface area contributed by atoms with E-state index >= 15 is 9.59 Å². The molecule has 0 radical (unpaired) electrons. The summed E-state index contributed by atoms with van der Waals surface area (Å²) in [5, 5.41) is 2.11. The first kappa shape index (κ1) is 71.8. The van der Waals surface area contributed by atoms with Crippen LogP contribution in [0.3, 0.4) is 0 Å². The predicted molar refractivity (Wildman–Crippen MR) is 380 cm³/mol. The van der Waals surface area contributed by atoms with Crippen LogP contribution in [-0.2, 0) is 52.2 Å². The zero-order valence-corrected chi connectivity index (χ0v) is 61.4. The fourth-order valence-electron chi connectivity index (χ4n) is 18.6. The molecule has 12 rings (SSSR count). The van der Waals surface area contributed by atoms with E-state index < -0.39 is 105 Å². The number of methoxy groups -OCH3 is 1. The van der Waals surface area contributed by atoms with Gasteiger partial charge in [-0.25, -0.2) is 4.79 Å². The van der Waals surface area contributed by atoms with Gasteiger partial charge in [-0.3, -0.25) is 14.5 Å². The first-order valence-corrected chi connectivity index (χ1v) is 40.2. The number of nitrogens with zero attached hydrogens (tertiary/aromatic N) is 1. The topological polar surface area (TPSA) is 178 Å². The molecule has 17 heteroatoms. The van der Waals surface area contributed by atoms with Crippen LogP contribution in [0.25, 0.3) is 0 Å². The molecule has 18 atom stereocenters. The minimum Gasteiger partial charge on any atom is -0.444 e. The third-order valence-electron chi connectivity index (χ3n) is 23.5. The molecular weight excluding hydrogens is 1260 g/mol. The molecule has 3 unspecified atom stereocenters. The first-order chi connectivity index (χ1) is 46.0. The summed E-state index contributed by atoms with van der Waals surface area (Å²) >= 11 is 0. The Labute approximate surface area is 578 Å². The molecular formula is C80H109NO14Si2. The Morgan fingerprint density at radius 3 is 1.68 bits per heavy atom. The van der Waals surface area contributed by atoms with Gasteiger partial charge in [-0.2, -0.15) is 0 Å². The molecule has 0 aliphatic carbocycles. The molecule has 0 saturated carbocycles. The molecule has 97 heavy (non-hydrogen) atoms. The van der Waals surface area contributed by atoms with Crippen molar-refractivity contribution in [2.24, 2.45) is 23.7 Å². The van der Waals surface area contributed by atoms with Crippen LogP contribution in [-0.4, -0.2) is 159 Å². The Kier molecular flexibility index (Phi) is 21.3. The van der Waals surface area contributed by atoms with Crippen LogP contribution < -0.4 is 20.7 Å². The van der Waals surface area contributed by atoms with E-state index in [1.165, 1.54) is 0 Å². The summed E-state index contributed by atoms with van der Waals surface area (Å²) in [6.07, 6.45) is 1.14. The number of ether oxygens (including phenoxy) is 9. The zero-order chi connectivity index (χ0) is 69.0. The van der Waals surface area contributed by atoms with Crippen molar-refractivity contribution in [1.29, 1.82) is 0 Å². The van der Waals surface area contributed by atoms with Crippen LogP contribution in [0.4, 0.5) is 4.79 Å². The van der Waals surface area contributed by atoms with Gasteiger partial charge in [0, 0.05) is 63.4 Å². The molecule has 0 spiro atoms. The van der Waals surface area contributed by atoms with Crippen molar-refractivity contribution in [2.45, 2.75) is 272 Å². The second-order valence-corrected chi connectivity index (χ2v) is 40.5. The molecule has 526 valence electrons. The van der Waals surface area contributed by atoms with Gasteiger partial charge in [-0.1, -0.05) is 169 Å². The predicted octanol–water partition coefficient (Wildman–Crippen LogP) is 11.6. The lowest BCUT2D eigenvalue weighted by molar-refractivity contribution is -0.242. The number of carbonyl (C=O) groups is 3. The molecule has 4 aromatic rings. The van der Waals surface area contributed by atoms with Crippen LogP contribution in [0.1, 0.15) is 166 Å². The van der Waals surface area contributed by atoms with Gasteiger partial charge in [0.1, 0.15) is 22.9 Å². The van der Waals surface area contributed by atoms with Gasteiger partial charge in [0.2, 0.25) is 0 Å². The molecule has 15 nitrogen and oxygen atoms in total. The second kappa shape index (κ2) is 28.8. The average molecular weight is 1360 g/mol. The van der Waals surface area contributed by atoms with Crippen molar-refractivity contribution >= 4 is 55.0 Å². The largest absolute Gasteiger partial charge is 0.444 e. The van der Waals surface area contributed by atoms with Gasteiger partial charge in [0.15, 0.2) is 0 Å². The van der Waals surface area contributed by atoms with Crippen molar-refractivity contribution in [3.63, 3.8) is 0 Å². The summed E-state index contributed by atoms with van der Waals surface area (Å²) in [5.74, 6) is -0.787. The number of benzene rings is 4. The first-order valence-electron chi connectivity index (χ1n) is 36.3. The molecule has 8 aliphatic heterocycles. The molecule has 1 amide bonds. The maximum atomic E-state index is 15.4. The number of carbonyl (C=O) groups excluding carboxylic acids is 3. The van der Waals surface area contributed by atoms with Gasteiger partial charge in [-0.05, 0) is 140 Å². The Bertz CT molecular complexity index is 3320. The molecule has 0 aromatic heterocycles. The smallest absolute Gasteiger partial charge is 0.412 e. The van der Waals surface area contributed by atoms with Crippen LogP contribution in [0.2, 0.25) is 10.1 Å². The highest BCUT2D eigenvalue weighted by molar-refractivity contribution is 6.99. The molecule has 8 saturated heterocycles. The highest BCUT2D eigenvalue weighted by Crippen LogP contribution is 2.56. The van der Waals surface area contributed by atoms with E-state index in [0.717, 1.165) is 51.2 Å². The van der Waals surface area contributed by atoms with E-state index in [4.69, 9.17) is 42.6 Å². The number of rotatable bonds is 13.